The summed E-state index contributed by atoms with van der Waals surface area (Å²) in [6.45, 7) is 10.5. The standard InChI is InChI=1S/C18H29NO2/c1-18(2,3)15(12-19-9-10-20-4)11-14-13-21-17-8-6-5-7-16(14)17/h5-8,14-15,19H,9-13H2,1-4H3. The third kappa shape index (κ3) is 4.45. The average Bonchev–Trinajstić information content (AvgIpc) is 2.84. The summed E-state index contributed by atoms with van der Waals surface area (Å²) in [4.78, 5) is 0. The summed E-state index contributed by atoms with van der Waals surface area (Å²) in [5.41, 5.74) is 1.67. The highest BCUT2D eigenvalue weighted by molar-refractivity contribution is 5.39. The molecule has 2 atom stereocenters. The molecule has 0 aliphatic carbocycles. The number of rotatable bonds is 7. The van der Waals surface area contributed by atoms with E-state index < -0.39 is 0 Å². The van der Waals surface area contributed by atoms with E-state index in [0.717, 1.165) is 32.1 Å². The fourth-order valence-corrected chi connectivity index (χ4v) is 2.96. The SMILES string of the molecule is COCCNCC(CC1COc2ccccc21)C(C)(C)C. The van der Waals surface area contributed by atoms with Crippen molar-refractivity contribution in [2.24, 2.45) is 11.3 Å². The predicted molar refractivity (Wildman–Crippen MR) is 87.0 cm³/mol. The lowest BCUT2D eigenvalue weighted by Crippen LogP contribution is -2.34. The number of methoxy groups -OCH3 is 1. The molecule has 0 bridgehead atoms. The molecule has 0 fully saturated rings. The smallest absolute Gasteiger partial charge is 0.122 e. The topological polar surface area (TPSA) is 30.5 Å². The van der Waals surface area contributed by atoms with E-state index in [1.165, 1.54) is 12.0 Å². The molecule has 1 aromatic rings. The summed E-state index contributed by atoms with van der Waals surface area (Å²) in [6.07, 6.45) is 1.17. The van der Waals surface area contributed by atoms with Crippen molar-refractivity contribution in [2.75, 3.05) is 33.4 Å². The highest BCUT2D eigenvalue weighted by Gasteiger charge is 2.31. The lowest BCUT2D eigenvalue weighted by molar-refractivity contribution is 0.175. The van der Waals surface area contributed by atoms with Crippen molar-refractivity contribution in [3.8, 4) is 5.75 Å². The summed E-state index contributed by atoms with van der Waals surface area (Å²) in [5.74, 6) is 2.21. The summed E-state index contributed by atoms with van der Waals surface area (Å²) in [6, 6.07) is 8.46. The second kappa shape index (κ2) is 7.28. The van der Waals surface area contributed by atoms with E-state index in [1.807, 2.05) is 0 Å². The van der Waals surface area contributed by atoms with Gasteiger partial charge in [0.05, 0.1) is 13.2 Å². The first-order valence-corrected chi connectivity index (χ1v) is 7.93. The van der Waals surface area contributed by atoms with Gasteiger partial charge in [-0.15, -0.1) is 0 Å². The molecule has 0 saturated carbocycles. The molecule has 0 saturated heterocycles. The van der Waals surface area contributed by atoms with Crippen LogP contribution in [0.1, 0.15) is 38.7 Å². The third-order valence-electron chi connectivity index (χ3n) is 4.47. The predicted octanol–water partition coefficient (Wildman–Crippen LogP) is 3.45. The zero-order valence-corrected chi connectivity index (χ0v) is 13.8. The maximum atomic E-state index is 5.83. The number of nitrogens with one attached hydrogen (secondary N) is 1. The van der Waals surface area contributed by atoms with Gasteiger partial charge in [0.2, 0.25) is 0 Å². The first kappa shape index (κ1) is 16.3. The van der Waals surface area contributed by atoms with Gasteiger partial charge in [-0.25, -0.2) is 0 Å². The van der Waals surface area contributed by atoms with Crippen LogP contribution in [0, 0.1) is 11.3 Å². The molecule has 3 nitrogen and oxygen atoms in total. The molecule has 0 spiro atoms. The number of benzene rings is 1. The van der Waals surface area contributed by atoms with Crippen molar-refractivity contribution < 1.29 is 9.47 Å². The van der Waals surface area contributed by atoms with Crippen LogP contribution in [0.3, 0.4) is 0 Å². The van der Waals surface area contributed by atoms with Crippen LogP contribution in [0.2, 0.25) is 0 Å². The molecule has 1 N–H and O–H groups in total. The Labute approximate surface area is 129 Å². The van der Waals surface area contributed by atoms with Crippen LogP contribution in [-0.4, -0.2) is 33.4 Å². The number of para-hydroxylation sites is 1. The quantitative estimate of drug-likeness (QED) is 0.781. The second-order valence-electron chi connectivity index (χ2n) is 7.04. The molecule has 0 aromatic heterocycles. The van der Waals surface area contributed by atoms with Gasteiger partial charge in [-0.05, 0) is 30.4 Å². The largest absolute Gasteiger partial charge is 0.493 e. The normalized spacial score (nSPS) is 19.1. The van der Waals surface area contributed by atoms with Crippen molar-refractivity contribution in [1.29, 1.82) is 0 Å². The van der Waals surface area contributed by atoms with E-state index in [2.05, 4.69) is 50.4 Å². The summed E-state index contributed by atoms with van der Waals surface area (Å²) >= 11 is 0. The van der Waals surface area contributed by atoms with E-state index in [-0.39, 0.29) is 5.41 Å². The van der Waals surface area contributed by atoms with Gasteiger partial charge in [0.15, 0.2) is 0 Å². The zero-order chi connectivity index (χ0) is 15.3. The first-order valence-electron chi connectivity index (χ1n) is 7.93. The van der Waals surface area contributed by atoms with Gasteiger partial charge in [0.1, 0.15) is 5.75 Å². The molecular formula is C18H29NO2. The molecule has 1 aromatic carbocycles. The Hall–Kier alpha value is -1.06. The fraction of sp³-hybridized carbons (Fsp3) is 0.667. The van der Waals surface area contributed by atoms with Gasteiger partial charge in [-0.2, -0.15) is 0 Å². The minimum Gasteiger partial charge on any atom is -0.493 e. The van der Waals surface area contributed by atoms with Gasteiger partial charge in [0, 0.05) is 25.1 Å². The maximum absolute atomic E-state index is 5.83. The molecule has 1 aliphatic heterocycles. The Morgan fingerprint density at radius 3 is 2.81 bits per heavy atom. The molecule has 3 heteroatoms. The minimum absolute atomic E-state index is 0.289. The maximum Gasteiger partial charge on any atom is 0.122 e. The van der Waals surface area contributed by atoms with Gasteiger partial charge < -0.3 is 14.8 Å². The van der Waals surface area contributed by atoms with E-state index in [4.69, 9.17) is 9.47 Å². The Kier molecular flexibility index (Phi) is 5.65. The first-order chi connectivity index (χ1) is 10.0. The van der Waals surface area contributed by atoms with Crippen molar-refractivity contribution in [2.45, 2.75) is 33.1 Å². The highest BCUT2D eigenvalue weighted by Crippen LogP contribution is 2.40. The second-order valence-corrected chi connectivity index (χ2v) is 7.04. The van der Waals surface area contributed by atoms with Crippen LogP contribution in [-0.2, 0) is 4.74 Å². The van der Waals surface area contributed by atoms with Crippen LogP contribution in [0.5, 0.6) is 5.75 Å². The Morgan fingerprint density at radius 2 is 2.10 bits per heavy atom. The number of fused-ring (bicyclic) bond motifs is 1. The van der Waals surface area contributed by atoms with Crippen LogP contribution in [0.25, 0.3) is 0 Å². The van der Waals surface area contributed by atoms with Crippen LogP contribution < -0.4 is 10.1 Å². The van der Waals surface area contributed by atoms with Crippen molar-refractivity contribution in [3.63, 3.8) is 0 Å². The molecule has 21 heavy (non-hydrogen) atoms. The molecular weight excluding hydrogens is 262 g/mol. The van der Waals surface area contributed by atoms with Gasteiger partial charge in [-0.3, -0.25) is 0 Å². The summed E-state index contributed by atoms with van der Waals surface area (Å²) in [7, 11) is 1.75. The third-order valence-corrected chi connectivity index (χ3v) is 4.47. The highest BCUT2D eigenvalue weighted by atomic mass is 16.5. The molecule has 1 heterocycles. The number of hydrogen-bond acceptors (Lipinski definition) is 3. The van der Waals surface area contributed by atoms with E-state index >= 15 is 0 Å². The van der Waals surface area contributed by atoms with Gasteiger partial charge >= 0.3 is 0 Å². The lowest BCUT2D eigenvalue weighted by atomic mass is 9.75. The van der Waals surface area contributed by atoms with E-state index in [0.29, 0.717) is 11.8 Å². The van der Waals surface area contributed by atoms with Crippen LogP contribution >= 0.6 is 0 Å². The van der Waals surface area contributed by atoms with Crippen LogP contribution in [0.15, 0.2) is 24.3 Å². The Bertz CT molecular complexity index is 439. The molecule has 2 unspecified atom stereocenters. The van der Waals surface area contributed by atoms with Crippen molar-refractivity contribution in [1.82, 2.24) is 5.32 Å². The Balaban J connectivity index is 1.96. The fourth-order valence-electron chi connectivity index (χ4n) is 2.96. The monoisotopic (exact) mass is 291 g/mol. The van der Waals surface area contributed by atoms with Gasteiger partial charge in [0.25, 0.3) is 0 Å². The lowest BCUT2D eigenvalue weighted by Gasteiger charge is -2.33. The molecule has 1 aliphatic rings. The number of hydrogen-bond donors (Lipinski definition) is 1. The average molecular weight is 291 g/mol. The molecule has 2 rings (SSSR count). The minimum atomic E-state index is 0.289. The van der Waals surface area contributed by atoms with Gasteiger partial charge in [-0.1, -0.05) is 39.0 Å². The Morgan fingerprint density at radius 1 is 1.33 bits per heavy atom. The van der Waals surface area contributed by atoms with E-state index in [1.54, 1.807) is 7.11 Å². The summed E-state index contributed by atoms with van der Waals surface area (Å²) in [5, 5.41) is 3.53. The van der Waals surface area contributed by atoms with Crippen molar-refractivity contribution >= 4 is 0 Å². The molecule has 118 valence electrons. The number of ether oxygens (including phenoxy) is 2. The zero-order valence-electron chi connectivity index (χ0n) is 13.8. The summed E-state index contributed by atoms with van der Waals surface area (Å²) < 4.78 is 10.9. The molecule has 0 amide bonds. The van der Waals surface area contributed by atoms with Crippen molar-refractivity contribution in [3.05, 3.63) is 29.8 Å². The van der Waals surface area contributed by atoms with Crippen LogP contribution in [0.4, 0.5) is 0 Å². The molecule has 0 radical (unpaired) electrons. The van der Waals surface area contributed by atoms with E-state index in [9.17, 15) is 0 Å².